The van der Waals surface area contributed by atoms with Crippen LogP contribution in [0.2, 0.25) is 0 Å². The lowest BCUT2D eigenvalue weighted by molar-refractivity contribution is -0.112. The Hall–Kier alpha value is -1.90. The van der Waals surface area contributed by atoms with E-state index in [1.54, 1.807) is 7.11 Å². The molecule has 0 radical (unpaired) electrons. The maximum Gasteiger partial charge on any atom is 0.185 e. The van der Waals surface area contributed by atoms with Crippen LogP contribution < -0.4 is 4.74 Å². The van der Waals surface area contributed by atoms with Gasteiger partial charge in [-0.3, -0.25) is 4.79 Å². The van der Waals surface area contributed by atoms with E-state index in [4.69, 9.17) is 9.73 Å². The normalized spacial score (nSPS) is 21.5. The summed E-state index contributed by atoms with van der Waals surface area (Å²) < 4.78 is 5.25. The maximum atomic E-state index is 12.5. The third-order valence-corrected chi connectivity index (χ3v) is 4.66. The second kappa shape index (κ2) is 6.47. The first kappa shape index (κ1) is 15.0. The van der Waals surface area contributed by atoms with E-state index in [1.807, 2.05) is 24.3 Å². The Morgan fingerprint density at radius 2 is 2.23 bits per heavy atom. The van der Waals surface area contributed by atoms with E-state index in [0.717, 1.165) is 35.8 Å². The van der Waals surface area contributed by atoms with E-state index in [2.05, 4.69) is 6.92 Å². The van der Waals surface area contributed by atoms with E-state index >= 15 is 0 Å². The summed E-state index contributed by atoms with van der Waals surface area (Å²) in [4.78, 5) is 17.2. The summed E-state index contributed by atoms with van der Waals surface area (Å²) >= 11 is 0. The molecular weight excluding hydrogens is 274 g/mol. The van der Waals surface area contributed by atoms with Crippen LogP contribution in [0.4, 0.5) is 0 Å². The van der Waals surface area contributed by atoms with Crippen molar-refractivity contribution in [3.63, 3.8) is 0 Å². The summed E-state index contributed by atoms with van der Waals surface area (Å²) in [5, 5.41) is 0. The Balaban J connectivity index is 1.89. The highest BCUT2D eigenvalue weighted by Crippen LogP contribution is 2.37. The Bertz CT molecular complexity index is 643. The molecule has 0 amide bonds. The van der Waals surface area contributed by atoms with Crippen molar-refractivity contribution in [2.24, 2.45) is 10.9 Å². The molecule has 1 atom stereocenters. The summed E-state index contributed by atoms with van der Waals surface area (Å²) in [5.74, 6) is 1.65. The lowest BCUT2D eigenvalue weighted by Crippen LogP contribution is -2.24. The standard InChI is InChI=1S/C19H23NO2/c1-3-5-13-8-9-17-15(10-13)12-18(21)19(20-17)14-6-4-7-16(11-14)22-2/h4,6-7,11,13H,3,5,8-10,12H2,1-2H3. The molecule has 0 N–H and O–H groups in total. The molecule has 0 aromatic heterocycles. The van der Waals surface area contributed by atoms with Gasteiger partial charge in [0.15, 0.2) is 5.78 Å². The SMILES string of the molecule is CCCC1CCC2=C(CC(=O)C(c3cccc(OC)c3)=N2)C1. The average Bonchev–Trinajstić information content (AvgIpc) is 2.54. The summed E-state index contributed by atoms with van der Waals surface area (Å²) in [6.45, 7) is 2.23. The molecule has 3 rings (SSSR count). The zero-order valence-corrected chi connectivity index (χ0v) is 13.4. The van der Waals surface area contributed by atoms with Crippen molar-refractivity contribution in [2.75, 3.05) is 7.11 Å². The molecule has 22 heavy (non-hydrogen) atoms. The molecule has 0 saturated heterocycles. The molecule has 116 valence electrons. The Labute approximate surface area is 132 Å². The molecule has 1 unspecified atom stereocenters. The van der Waals surface area contributed by atoms with Crippen molar-refractivity contribution in [3.8, 4) is 5.75 Å². The van der Waals surface area contributed by atoms with Gasteiger partial charge in [-0.2, -0.15) is 0 Å². The Kier molecular flexibility index (Phi) is 4.41. The zero-order chi connectivity index (χ0) is 15.5. The first-order valence-corrected chi connectivity index (χ1v) is 8.18. The predicted octanol–water partition coefficient (Wildman–Crippen LogP) is 4.31. The highest BCUT2D eigenvalue weighted by atomic mass is 16.5. The van der Waals surface area contributed by atoms with Gasteiger partial charge in [-0.15, -0.1) is 0 Å². The molecule has 1 aliphatic carbocycles. The van der Waals surface area contributed by atoms with Gasteiger partial charge in [0, 0.05) is 17.7 Å². The fourth-order valence-electron chi connectivity index (χ4n) is 3.52. The zero-order valence-electron chi connectivity index (χ0n) is 13.4. The fraction of sp³-hybridized carbons (Fsp3) is 0.474. The number of ether oxygens (including phenoxy) is 1. The van der Waals surface area contributed by atoms with Crippen molar-refractivity contribution < 1.29 is 9.53 Å². The summed E-state index contributed by atoms with van der Waals surface area (Å²) in [6, 6.07) is 7.63. The third kappa shape index (κ3) is 2.99. The highest BCUT2D eigenvalue weighted by molar-refractivity contribution is 6.47. The molecule has 1 aromatic rings. The van der Waals surface area contributed by atoms with E-state index in [9.17, 15) is 4.79 Å². The summed E-state index contributed by atoms with van der Waals surface area (Å²) in [5.41, 5.74) is 3.91. The number of carbonyl (C=O) groups excluding carboxylic acids is 1. The first-order valence-electron chi connectivity index (χ1n) is 8.18. The van der Waals surface area contributed by atoms with Crippen molar-refractivity contribution in [1.29, 1.82) is 0 Å². The smallest absolute Gasteiger partial charge is 0.185 e. The number of allylic oxidation sites excluding steroid dienone is 2. The minimum Gasteiger partial charge on any atom is -0.497 e. The number of aliphatic imine (C=N–C) groups is 1. The predicted molar refractivity (Wildman–Crippen MR) is 88.4 cm³/mol. The molecule has 1 aromatic carbocycles. The van der Waals surface area contributed by atoms with Crippen LogP contribution in [0.25, 0.3) is 0 Å². The molecule has 3 nitrogen and oxygen atoms in total. The van der Waals surface area contributed by atoms with Gasteiger partial charge in [-0.05, 0) is 42.9 Å². The molecule has 0 bridgehead atoms. The van der Waals surface area contributed by atoms with E-state index < -0.39 is 0 Å². The van der Waals surface area contributed by atoms with Crippen LogP contribution >= 0.6 is 0 Å². The van der Waals surface area contributed by atoms with Gasteiger partial charge in [0.1, 0.15) is 11.5 Å². The van der Waals surface area contributed by atoms with Crippen molar-refractivity contribution in [2.45, 2.75) is 45.4 Å². The number of carbonyl (C=O) groups is 1. The van der Waals surface area contributed by atoms with E-state index in [1.165, 1.54) is 24.8 Å². The topological polar surface area (TPSA) is 38.7 Å². The largest absolute Gasteiger partial charge is 0.497 e. The van der Waals surface area contributed by atoms with Crippen molar-refractivity contribution in [3.05, 3.63) is 41.1 Å². The van der Waals surface area contributed by atoms with Gasteiger partial charge in [0.2, 0.25) is 0 Å². The number of ketones is 1. The van der Waals surface area contributed by atoms with Gasteiger partial charge >= 0.3 is 0 Å². The molecule has 0 fully saturated rings. The summed E-state index contributed by atoms with van der Waals surface area (Å²) in [6.07, 6.45) is 6.31. The van der Waals surface area contributed by atoms with E-state index in [-0.39, 0.29) is 5.78 Å². The van der Waals surface area contributed by atoms with Crippen molar-refractivity contribution >= 4 is 11.5 Å². The van der Waals surface area contributed by atoms with Gasteiger partial charge in [-0.1, -0.05) is 31.9 Å². The average molecular weight is 297 g/mol. The lowest BCUT2D eigenvalue weighted by atomic mass is 9.80. The number of nitrogens with zero attached hydrogens (tertiary/aromatic N) is 1. The van der Waals surface area contributed by atoms with Crippen LogP contribution in [0.5, 0.6) is 5.75 Å². The van der Waals surface area contributed by atoms with Crippen LogP contribution in [-0.2, 0) is 4.79 Å². The van der Waals surface area contributed by atoms with Crippen LogP contribution in [0.15, 0.2) is 40.5 Å². The van der Waals surface area contributed by atoms with Gasteiger partial charge < -0.3 is 4.74 Å². The van der Waals surface area contributed by atoms with Gasteiger partial charge in [0.05, 0.1) is 7.11 Å². The number of hydrogen-bond donors (Lipinski definition) is 0. The molecule has 3 heteroatoms. The monoisotopic (exact) mass is 297 g/mol. The molecule has 2 aliphatic rings. The van der Waals surface area contributed by atoms with Gasteiger partial charge in [0.25, 0.3) is 0 Å². The van der Waals surface area contributed by atoms with E-state index in [0.29, 0.717) is 12.1 Å². The quantitative estimate of drug-likeness (QED) is 0.830. The highest BCUT2D eigenvalue weighted by Gasteiger charge is 2.28. The number of hydrogen-bond acceptors (Lipinski definition) is 3. The number of rotatable bonds is 4. The van der Waals surface area contributed by atoms with Crippen LogP contribution in [-0.4, -0.2) is 18.6 Å². The minimum absolute atomic E-state index is 0.143. The maximum absolute atomic E-state index is 12.5. The third-order valence-electron chi connectivity index (χ3n) is 4.66. The second-order valence-electron chi connectivity index (χ2n) is 6.24. The Morgan fingerprint density at radius 1 is 1.36 bits per heavy atom. The second-order valence-corrected chi connectivity index (χ2v) is 6.24. The molecule has 1 heterocycles. The fourth-order valence-corrected chi connectivity index (χ4v) is 3.52. The van der Waals surface area contributed by atoms with Gasteiger partial charge in [-0.25, -0.2) is 4.99 Å². The van der Waals surface area contributed by atoms with Crippen molar-refractivity contribution in [1.82, 2.24) is 0 Å². The molecule has 0 spiro atoms. The number of methoxy groups -OCH3 is 1. The molecule has 1 aliphatic heterocycles. The number of benzene rings is 1. The van der Waals surface area contributed by atoms with Crippen LogP contribution in [0, 0.1) is 5.92 Å². The first-order chi connectivity index (χ1) is 10.7. The van der Waals surface area contributed by atoms with Crippen LogP contribution in [0.3, 0.4) is 0 Å². The molecule has 0 saturated carbocycles. The minimum atomic E-state index is 0.143. The lowest BCUT2D eigenvalue weighted by Gasteiger charge is -2.28. The number of Topliss-reactive ketones (excluding diaryl/α,β-unsaturated/α-hetero) is 1. The summed E-state index contributed by atoms with van der Waals surface area (Å²) in [7, 11) is 1.64. The Morgan fingerprint density at radius 3 is 3.00 bits per heavy atom. The molecular formula is C19H23NO2. The van der Waals surface area contributed by atoms with Crippen LogP contribution in [0.1, 0.15) is 51.0 Å².